The molecular weight excluding hydrogens is 308 g/mol. The first-order chi connectivity index (χ1) is 12.2. The maximum atomic E-state index is 5.08. The molecule has 2 fully saturated rings. The van der Waals surface area contributed by atoms with Gasteiger partial charge in [0.2, 0.25) is 0 Å². The van der Waals surface area contributed by atoms with Crippen LogP contribution in [0, 0.1) is 5.92 Å². The SMILES string of the molecule is CC(C)n1nc(CN2CCCC2)c2c1CN(CC1CCCCC1)CC2. The first-order valence-corrected chi connectivity index (χ1v) is 10.7. The van der Waals surface area contributed by atoms with E-state index in [2.05, 4.69) is 28.3 Å². The van der Waals surface area contributed by atoms with Gasteiger partial charge in [-0.3, -0.25) is 14.5 Å². The lowest BCUT2D eigenvalue weighted by molar-refractivity contribution is 0.181. The minimum Gasteiger partial charge on any atom is -0.297 e. The van der Waals surface area contributed by atoms with E-state index in [-0.39, 0.29) is 0 Å². The van der Waals surface area contributed by atoms with Crippen LogP contribution in [0.3, 0.4) is 0 Å². The Hall–Kier alpha value is -0.870. The second-order valence-electron chi connectivity index (χ2n) is 8.88. The highest BCUT2D eigenvalue weighted by molar-refractivity contribution is 5.29. The minimum atomic E-state index is 0.468. The van der Waals surface area contributed by atoms with Crippen molar-refractivity contribution in [3.05, 3.63) is 17.0 Å². The zero-order valence-electron chi connectivity index (χ0n) is 16.3. The van der Waals surface area contributed by atoms with E-state index in [0.717, 1.165) is 19.0 Å². The van der Waals surface area contributed by atoms with E-state index in [1.807, 2.05) is 0 Å². The second-order valence-corrected chi connectivity index (χ2v) is 8.88. The van der Waals surface area contributed by atoms with Gasteiger partial charge in [0.05, 0.1) is 11.4 Å². The maximum absolute atomic E-state index is 5.08. The summed E-state index contributed by atoms with van der Waals surface area (Å²) in [6.45, 7) is 11.8. The van der Waals surface area contributed by atoms with Gasteiger partial charge in [-0.1, -0.05) is 19.3 Å². The van der Waals surface area contributed by atoms with Crippen molar-refractivity contribution in [2.45, 2.75) is 84.3 Å². The molecule has 25 heavy (non-hydrogen) atoms. The highest BCUT2D eigenvalue weighted by atomic mass is 15.3. The maximum Gasteiger partial charge on any atom is 0.0800 e. The Labute approximate surface area is 153 Å². The van der Waals surface area contributed by atoms with E-state index in [9.17, 15) is 0 Å². The fraction of sp³-hybridized carbons (Fsp3) is 0.857. The molecule has 0 bridgehead atoms. The van der Waals surface area contributed by atoms with E-state index in [1.54, 1.807) is 5.56 Å². The summed E-state index contributed by atoms with van der Waals surface area (Å²) in [6, 6.07) is 0.468. The summed E-state index contributed by atoms with van der Waals surface area (Å²) in [5.74, 6) is 0.940. The molecule has 0 amide bonds. The fourth-order valence-electron chi connectivity index (χ4n) is 5.17. The molecule has 1 aromatic rings. The molecule has 3 aliphatic rings. The van der Waals surface area contributed by atoms with Gasteiger partial charge in [-0.15, -0.1) is 0 Å². The zero-order valence-corrected chi connectivity index (χ0v) is 16.3. The molecule has 1 saturated carbocycles. The van der Waals surface area contributed by atoms with Gasteiger partial charge in [-0.25, -0.2) is 0 Å². The Morgan fingerprint density at radius 3 is 2.44 bits per heavy atom. The van der Waals surface area contributed by atoms with Crippen LogP contribution >= 0.6 is 0 Å². The topological polar surface area (TPSA) is 24.3 Å². The van der Waals surface area contributed by atoms with Crippen LogP contribution in [0.25, 0.3) is 0 Å². The number of hydrogen-bond donors (Lipinski definition) is 0. The van der Waals surface area contributed by atoms with Crippen LogP contribution in [0.5, 0.6) is 0 Å². The third-order valence-corrected chi connectivity index (χ3v) is 6.56. The normalized spacial score (nSPS) is 23.5. The molecule has 0 N–H and O–H groups in total. The van der Waals surface area contributed by atoms with Crippen LogP contribution in [-0.4, -0.2) is 45.8 Å². The second kappa shape index (κ2) is 7.79. The van der Waals surface area contributed by atoms with Gasteiger partial charge in [-0.05, 0) is 65.0 Å². The Bertz CT molecular complexity index is 565. The molecule has 4 nitrogen and oxygen atoms in total. The Morgan fingerprint density at radius 1 is 0.960 bits per heavy atom. The van der Waals surface area contributed by atoms with Crippen molar-refractivity contribution >= 4 is 0 Å². The minimum absolute atomic E-state index is 0.468. The lowest BCUT2D eigenvalue weighted by atomic mass is 9.88. The fourth-order valence-corrected chi connectivity index (χ4v) is 5.17. The summed E-state index contributed by atoms with van der Waals surface area (Å²) in [6.07, 6.45) is 11.2. The Balaban J connectivity index is 1.48. The third-order valence-electron chi connectivity index (χ3n) is 6.56. The average Bonchev–Trinajstić information content (AvgIpc) is 3.24. The molecule has 140 valence electrons. The van der Waals surface area contributed by atoms with Crippen LogP contribution in [0.15, 0.2) is 0 Å². The molecular formula is C21H36N4. The molecule has 0 spiro atoms. The predicted octanol–water partition coefficient (Wildman–Crippen LogP) is 4.00. The van der Waals surface area contributed by atoms with Crippen molar-refractivity contribution in [2.75, 3.05) is 26.2 Å². The molecule has 1 aliphatic carbocycles. The zero-order chi connectivity index (χ0) is 17.2. The van der Waals surface area contributed by atoms with E-state index in [1.165, 1.54) is 88.9 Å². The number of fused-ring (bicyclic) bond motifs is 1. The molecule has 1 saturated heterocycles. The van der Waals surface area contributed by atoms with E-state index in [0.29, 0.717) is 6.04 Å². The molecule has 0 unspecified atom stereocenters. The van der Waals surface area contributed by atoms with Crippen LogP contribution in [0.1, 0.15) is 81.8 Å². The molecule has 0 atom stereocenters. The molecule has 0 aromatic carbocycles. The summed E-state index contributed by atoms with van der Waals surface area (Å²) >= 11 is 0. The van der Waals surface area contributed by atoms with Gasteiger partial charge in [0.25, 0.3) is 0 Å². The smallest absolute Gasteiger partial charge is 0.0800 e. The standard InChI is InChI=1S/C21H36N4/c1-17(2)25-21-16-24(14-18-8-4-3-5-9-18)13-10-19(21)20(22-25)15-23-11-6-7-12-23/h17-18H,3-16H2,1-2H3. The lowest BCUT2D eigenvalue weighted by Crippen LogP contribution is -2.36. The van der Waals surface area contributed by atoms with Gasteiger partial charge in [0.1, 0.15) is 0 Å². The van der Waals surface area contributed by atoms with Gasteiger partial charge in [0.15, 0.2) is 0 Å². The summed E-state index contributed by atoms with van der Waals surface area (Å²) in [4.78, 5) is 5.32. The number of nitrogens with zero attached hydrogens (tertiary/aromatic N) is 4. The highest BCUT2D eigenvalue weighted by Gasteiger charge is 2.28. The van der Waals surface area contributed by atoms with Crippen molar-refractivity contribution in [1.82, 2.24) is 19.6 Å². The average molecular weight is 345 g/mol. The summed E-state index contributed by atoms with van der Waals surface area (Å²) in [5, 5.41) is 5.08. The van der Waals surface area contributed by atoms with Crippen LogP contribution in [0.4, 0.5) is 0 Å². The number of rotatable bonds is 5. The largest absolute Gasteiger partial charge is 0.297 e. The summed E-state index contributed by atoms with van der Waals surface area (Å²) in [5.41, 5.74) is 4.48. The van der Waals surface area contributed by atoms with Crippen molar-refractivity contribution in [3.63, 3.8) is 0 Å². The van der Waals surface area contributed by atoms with Gasteiger partial charge < -0.3 is 0 Å². The molecule has 3 heterocycles. The predicted molar refractivity (Wildman–Crippen MR) is 103 cm³/mol. The van der Waals surface area contributed by atoms with Crippen LogP contribution in [-0.2, 0) is 19.5 Å². The third kappa shape index (κ3) is 3.95. The Kier molecular flexibility index (Phi) is 5.47. The molecule has 4 rings (SSSR count). The van der Waals surface area contributed by atoms with Crippen molar-refractivity contribution in [3.8, 4) is 0 Å². The first-order valence-electron chi connectivity index (χ1n) is 10.7. The quantitative estimate of drug-likeness (QED) is 0.807. The van der Waals surface area contributed by atoms with Crippen LogP contribution < -0.4 is 0 Å². The number of likely N-dealkylation sites (tertiary alicyclic amines) is 1. The Morgan fingerprint density at radius 2 is 1.72 bits per heavy atom. The lowest BCUT2D eigenvalue weighted by Gasteiger charge is -2.33. The van der Waals surface area contributed by atoms with Crippen molar-refractivity contribution < 1.29 is 0 Å². The molecule has 4 heteroatoms. The van der Waals surface area contributed by atoms with Gasteiger partial charge in [0, 0.05) is 37.8 Å². The molecule has 1 aromatic heterocycles. The number of hydrogen-bond acceptors (Lipinski definition) is 3. The number of aromatic nitrogens is 2. The highest BCUT2D eigenvalue weighted by Crippen LogP contribution is 2.30. The molecule has 0 radical (unpaired) electrons. The van der Waals surface area contributed by atoms with Gasteiger partial charge >= 0.3 is 0 Å². The van der Waals surface area contributed by atoms with Crippen molar-refractivity contribution in [2.24, 2.45) is 5.92 Å². The first kappa shape index (κ1) is 17.5. The molecule has 2 aliphatic heterocycles. The summed E-state index contributed by atoms with van der Waals surface area (Å²) in [7, 11) is 0. The summed E-state index contributed by atoms with van der Waals surface area (Å²) < 4.78 is 2.34. The monoisotopic (exact) mass is 344 g/mol. The van der Waals surface area contributed by atoms with Crippen molar-refractivity contribution in [1.29, 1.82) is 0 Å². The van der Waals surface area contributed by atoms with Crippen LogP contribution in [0.2, 0.25) is 0 Å². The van der Waals surface area contributed by atoms with E-state index < -0.39 is 0 Å². The van der Waals surface area contributed by atoms with E-state index in [4.69, 9.17) is 5.10 Å². The van der Waals surface area contributed by atoms with E-state index >= 15 is 0 Å². The van der Waals surface area contributed by atoms with Gasteiger partial charge in [-0.2, -0.15) is 5.10 Å².